The van der Waals surface area contributed by atoms with Crippen LogP contribution in [0.4, 0.5) is 23.2 Å². The van der Waals surface area contributed by atoms with E-state index in [-0.39, 0.29) is 6.54 Å². The van der Waals surface area contributed by atoms with Gasteiger partial charge in [0, 0.05) is 18.9 Å². The van der Waals surface area contributed by atoms with Crippen molar-refractivity contribution in [2.45, 2.75) is 17.6 Å². The summed E-state index contributed by atoms with van der Waals surface area (Å²) in [6.07, 6.45) is -1.87. The molecule has 1 amide bonds. The fraction of sp³-hybridized carbons (Fsp3) is 0.143. The number of nitrogens with one attached hydrogen (secondary N) is 1. The van der Waals surface area contributed by atoms with E-state index in [1.54, 1.807) is 12.1 Å². The van der Waals surface area contributed by atoms with Crippen LogP contribution in [0.1, 0.15) is 11.1 Å². The van der Waals surface area contributed by atoms with E-state index in [9.17, 15) is 30.8 Å². The summed E-state index contributed by atoms with van der Waals surface area (Å²) in [6.45, 7) is -0.839. The fourth-order valence-corrected chi connectivity index (χ4v) is 4.67. The Kier molecular flexibility index (Phi) is 7.23. The average Bonchev–Trinajstić information content (AvgIpc) is 2.76. The standard InChI is InChI=1S/C21H16ClF4N3O3S/c22-20-17(21(24,25)26)2-1-3-18(20)29(33(31,32)16-6-4-15(23)5-7-16)13-19(30)28-12-14-8-10-27-11-9-14/h1-11H,12-13H2,(H,28,30). The van der Waals surface area contributed by atoms with Crippen molar-refractivity contribution in [3.05, 3.63) is 89.0 Å². The highest BCUT2D eigenvalue weighted by Gasteiger charge is 2.37. The lowest BCUT2D eigenvalue weighted by molar-refractivity contribution is -0.137. The van der Waals surface area contributed by atoms with Crippen molar-refractivity contribution in [1.82, 2.24) is 10.3 Å². The van der Waals surface area contributed by atoms with Crippen molar-refractivity contribution in [2.75, 3.05) is 10.8 Å². The minimum Gasteiger partial charge on any atom is -0.350 e. The quantitative estimate of drug-likeness (QED) is 0.487. The van der Waals surface area contributed by atoms with Gasteiger partial charge in [0.1, 0.15) is 12.4 Å². The van der Waals surface area contributed by atoms with E-state index >= 15 is 0 Å². The van der Waals surface area contributed by atoms with E-state index in [0.717, 1.165) is 36.4 Å². The first-order chi connectivity index (χ1) is 15.5. The molecule has 0 bridgehead atoms. The Morgan fingerprint density at radius 2 is 1.67 bits per heavy atom. The van der Waals surface area contributed by atoms with Gasteiger partial charge in [-0.1, -0.05) is 17.7 Å². The molecule has 0 atom stereocenters. The number of halogens is 5. The molecule has 1 heterocycles. The lowest BCUT2D eigenvalue weighted by atomic mass is 10.2. The monoisotopic (exact) mass is 501 g/mol. The topological polar surface area (TPSA) is 79.4 Å². The molecule has 0 aliphatic rings. The predicted molar refractivity (Wildman–Crippen MR) is 113 cm³/mol. The highest BCUT2D eigenvalue weighted by Crippen LogP contribution is 2.40. The Morgan fingerprint density at radius 3 is 2.27 bits per heavy atom. The molecule has 2 aromatic carbocycles. The van der Waals surface area contributed by atoms with Crippen molar-refractivity contribution in [3.63, 3.8) is 0 Å². The molecule has 0 aliphatic carbocycles. The predicted octanol–water partition coefficient (Wildman–Crippen LogP) is 4.40. The fourth-order valence-electron chi connectivity index (χ4n) is 2.85. The molecule has 3 aromatic rings. The zero-order valence-electron chi connectivity index (χ0n) is 16.7. The number of carbonyl (C=O) groups excluding carboxylic acids is 1. The van der Waals surface area contributed by atoms with Gasteiger partial charge in [-0.2, -0.15) is 13.2 Å². The van der Waals surface area contributed by atoms with E-state index in [1.807, 2.05) is 0 Å². The molecule has 0 aliphatic heterocycles. The molecule has 0 radical (unpaired) electrons. The first-order valence-electron chi connectivity index (χ1n) is 9.30. The summed E-state index contributed by atoms with van der Waals surface area (Å²) in [6, 6.07) is 9.60. The number of rotatable bonds is 7. The van der Waals surface area contributed by atoms with Gasteiger partial charge in [-0.05, 0) is 54.1 Å². The smallest absolute Gasteiger partial charge is 0.350 e. The molecule has 33 heavy (non-hydrogen) atoms. The summed E-state index contributed by atoms with van der Waals surface area (Å²) < 4.78 is 80.3. The molecular weight excluding hydrogens is 486 g/mol. The van der Waals surface area contributed by atoms with Gasteiger partial charge in [0.05, 0.1) is 21.2 Å². The average molecular weight is 502 g/mol. The largest absolute Gasteiger partial charge is 0.417 e. The van der Waals surface area contributed by atoms with Crippen LogP contribution in [0.5, 0.6) is 0 Å². The second-order valence-corrected chi connectivity index (χ2v) is 8.97. The Bertz CT molecular complexity index is 1240. The highest BCUT2D eigenvalue weighted by molar-refractivity contribution is 7.92. The molecule has 6 nitrogen and oxygen atoms in total. The second kappa shape index (κ2) is 9.75. The van der Waals surface area contributed by atoms with Crippen LogP contribution in [0.2, 0.25) is 5.02 Å². The van der Waals surface area contributed by atoms with Gasteiger partial charge >= 0.3 is 6.18 Å². The normalized spacial score (nSPS) is 11.8. The summed E-state index contributed by atoms with van der Waals surface area (Å²) in [5.41, 5.74) is -1.14. The third-order valence-electron chi connectivity index (χ3n) is 4.48. The summed E-state index contributed by atoms with van der Waals surface area (Å²) in [5, 5.41) is 1.61. The van der Waals surface area contributed by atoms with Crippen LogP contribution in [0.3, 0.4) is 0 Å². The van der Waals surface area contributed by atoms with E-state index in [0.29, 0.717) is 15.9 Å². The zero-order chi connectivity index (χ0) is 24.2. The molecule has 12 heteroatoms. The van der Waals surface area contributed by atoms with Crippen molar-refractivity contribution in [2.24, 2.45) is 0 Å². The highest BCUT2D eigenvalue weighted by atomic mass is 35.5. The number of anilines is 1. The number of benzene rings is 2. The molecule has 0 unspecified atom stereocenters. The third-order valence-corrected chi connectivity index (χ3v) is 6.65. The van der Waals surface area contributed by atoms with Crippen LogP contribution in [-0.4, -0.2) is 25.9 Å². The van der Waals surface area contributed by atoms with E-state index in [2.05, 4.69) is 10.3 Å². The van der Waals surface area contributed by atoms with Gasteiger partial charge in [-0.25, -0.2) is 12.8 Å². The lowest BCUT2D eigenvalue weighted by Gasteiger charge is -2.26. The van der Waals surface area contributed by atoms with Crippen LogP contribution in [0, 0.1) is 5.82 Å². The number of hydrogen-bond donors (Lipinski definition) is 1. The van der Waals surface area contributed by atoms with Gasteiger partial charge in [0.15, 0.2) is 0 Å². The number of alkyl halides is 3. The number of aromatic nitrogens is 1. The Labute approximate surface area is 191 Å². The van der Waals surface area contributed by atoms with E-state index in [1.165, 1.54) is 12.4 Å². The Hall–Kier alpha value is -3.18. The van der Waals surface area contributed by atoms with Crippen molar-refractivity contribution >= 4 is 33.2 Å². The van der Waals surface area contributed by atoms with Crippen LogP contribution >= 0.6 is 11.6 Å². The zero-order valence-corrected chi connectivity index (χ0v) is 18.3. The third kappa shape index (κ3) is 5.79. The molecule has 3 rings (SSSR count). The maximum absolute atomic E-state index is 13.3. The first-order valence-corrected chi connectivity index (χ1v) is 11.1. The summed E-state index contributed by atoms with van der Waals surface area (Å²) in [5.74, 6) is -1.52. The second-order valence-electron chi connectivity index (χ2n) is 6.73. The molecule has 0 saturated heterocycles. The number of hydrogen-bond acceptors (Lipinski definition) is 4. The Balaban J connectivity index is 2.00. The summed E-state index contributed by atoms with van der Waals surface area (Å²) in [7, 11) is -4.59. The molecule has 1 aromatic heterocycles. The first kappa shape index (κ1) is 24.5. The molecular formula is C21H16ClF4N3O3S. The Morgan fingerprint density at radius 1 is 1.03 bits per heavy atom. The van der Waals surface area contributed by atoms with Crippen molar-refractivity contribution in [3.8, 4) is 0 Å². The van der Waals surface area contributed by atoms with E-state index < -0.39 is 55.6 Å². The van der Waals surface area contributed by atoms with Gasteiger partial charge in [0.25, 0.3) is 10.0 Å². The van der Waals surface area contributed by atoms with Crippen LogP contribution < -0.4 is 9.62 Å². The number of pyridine rings is 1. The summed E-state index contributed by atoms with van der Waals surface area (Å²) >= 11 is 5.94. The minimum atomic E-state index is -4.86. The van der Waals surface area contributed by atoms with Gasteiger partial charge in [-0.15, -0.1) is 0 Å². The number of nitrogens with zero attached hydrogens (tertiary/aromatic N) is 2. The number of carbonyl (C=O) groups is 1. The summed E-state index contributed by atoms with van der Waals surface area (Å²) in [4.78, 5) is 16.0. The maximum Gasteiger partial charge on any atom is 0.417 e. The van der Waals surface area contributed by atoms with Gasteiger partial charge in [0.2, 0.25) is 5.91 Å². The van der Waals surface area contributed by atoms with Gasteiger partial charge < -0.3 is 5.32 Å². The maximum atomic E-state index is 13.3. The molecule has 1 N–H and O–H groups in total. The van der Waals surface area contributed by atoms with Crippen LogP contribution in [0.25, 0.3) is 0 Å². The lowest BCUT2D eigenvalue weighted by Crippen LogP contribution is -2.41. The van der Waals surface area contributed by atoms with Crippen LogP contribution in [-0.2, 0) is 27.5 Å². The molecule has 174 valence electrons. The SMILES string of the molecule is O=C(CN(c1cccc(C(F)(F)F)c1Cl)S(=O)(=O)c1ccc(F)cc1)NCc1ccncc1. The van der Waals surface area contributed by atoms with Crippen molar-refractivity contribution < 1.29 is 30.8 Å². The minimum absolute atomic E-state index is 0.0299. The van der Waals surface area contributed by atoms with E-state index in [4.69, 9.17) is 11.6 Å². The van der Waals surface area contributed by atoms with Gasteiger partial charge in [-0.3, -0.25) is 14.1 Å². The number of sulfonamides is 1. The molecule has 0 saturated carbocycles. The molecule has 0 spiro atoms. The number of amides is 1. The van der Waals surface area contributed by atoms with Crippen molar-refractivity contribution in [1.29, 1.82) is 0 Å². The molecule has 0 fully saturated rings. The van der Waals surface area contributed by atoms with Crippen LogP contribution in [0.15, 0.2) is 71.9 Å².